The topological polar surface area (TPSA) is 73.9 Å². The van der Waals surface area contributed by atoms with E-state index in [9.17, 15) is 31.5 Å². The zero-order chi connectivity index (χ0) is 32.1. The van der Waals surface area contributed by atoms with Crippen LogP contribution < -0.4 is 14.8 Å². The normalized spacial score (nSPS) is 12.7. The third kappa shape index (κ3) is 6.77. The Labute approximate surface area is 255 Å². The van der Waals surface area contributed by atoms with E-state index in [4.69, 9.17) is 9.47 Å². The first-order valence-electron chi connectivity index (χ1n) is 14.3. The molecule has 234 valence electrons. The smallest absolute Gasteiger partial charge is 0.407 e. The van der Waals surface area contributed by atoms with Gasteiger partial charge in [-0.15, -0.1) is 0 Å². The van der Waals surface area contributed by atoms with Crippen LogP contribution in [0.1, 0.15) is 42.4 Å². The summed E-state index contributed by atoms with van der Waals surface area (Å²) in [5.74, 6) is -14.6. The highest BCUT2D eigenvalue weighted by Gasteiger charge is 2.33. The van der Waals surface area contributed by atoms with Crippen LogP contribution in [0.4, 0.5) is 26.7 Å². The Bertz CT molecular complexity index is 1640. The van der Waals surface area contributed by atoms with Gasteiger partial charge in [0.2, 0.25) is 34.8 Å². The van der Waals surface area contributed by atoms with E-state index in [-0.39, 0.29) is 18.9 Å². The number of amides is 1. The summed E-state index contributed by atoms with van der Waals surface area (Å²) in [6.45, 7) is 2.40. The average molecular weight is 626 g/mol. The number of halogens is 5. The summed E-state index contributed by atoms with van der Waals surface area (Å²) in [6, 6.07) is 20.1. The number of alkyl carbamates (subject to hydrolysis) is 1. The van der Waals surface area contributed by atoms with Crippen LogP contribution in [0.2, 0.25) is 0 Å². The van der Waals surface area contributed by atoms with Gasteiger partial charge in [0, 0.05) is 12.3 Å². The monoisotopic (exact) mass is 625 g/mol. The Kier molecular flexibility index (Phi) is 9.65. The van der Waals surface area contributed by atoms with E-state index in [1.54, 1.807) is 24.3 Å². The summed E-state index contributed by atoms with van der Waals surface area (Å²) >= 11 is 0. The lowest BCUT2D eigenvalue weighted by Gasteiger charge is -2.20. The zero-order valence-electron chi connectivity index (χ0n) is 24.0. The molecule has 1 atom stereocenters. The maximum absolute atomic E-state index is 14.3. The van der Waals surface area contributed by atoms with Crippen molar-refractivity contribution in [1.82, 2.24) is 5.32 Å². The minimum Gasteiger partial charge on any atom is -0.494 e. The predicted molar refractivity (Wildman–Crippen MR) is 154 cm³/mol. The molecule has 1 N–H and O–H groups in total. The predicted octanol–water partition coefficient (Wildman–Crippen LogP) is 7.62. The van der Waals surface area contributed by atoms with E-state index in [1.807, 2.05) is 55.5 Å². The summed E-state index contributed by atoms with van der Waals surface area (Å²) in [5, 5.41) is 2.32. The van der Waals surface area contributed by atoms with Gasteiger partial charge in [-0.3, -0.25) is 0 Å². The van der Waals surface area contributed by atoms with Gasteiger partial charge in [0.05, 0.1) is 6.61 Å². The van der Waals surface area contributed by atoms with Crippen molar-refractivity contribution in [2.45, 2.75) is 38.1 Å². The summed E-state index contributed by atoms with van der Waals surface area (Å²) in [6.07, 6.45) is 0.452. The molecule has 45 heavy (non-hydrogen) atoms. The van der Waals surface area contributed by atoms with E-state index >= 15 is 0 Å². The number of carbonyl (C=O) groups is 2. The molecule has 4 aromatic rings. The van der Waals surface area contributed by atoms with Crippen molar-refractivity contribution >= 4 is 12.1 Å². The van der Waals surface area contributed by atoms with Crippen LogP contribution >= 0.6 is 0 Å². The van der Waals surface area contributed by atoms with Gasteiger partial charge < -0.3 is 19.5 Å². The summed E-state index contributed by atoms with van der Waals surface area (Å²) < 4.78 is 85.4. The molecule has 0 bridgehead atoms. The van der Waals surface area contributed by atoms with Crippen LogP contribution in [0.25, 0.3) is 11.1 Å². The SMILES string of the molecule is CCCCOc1ccc(C[C@H](NC(=O)OCC2c3ccccc3-c3ccccc32)C(=O)Oc2c(F)c(F)c(F)c(F)c2F)cc1. The minimum absolute atomic E-state index is 0.108. The molecule has 0 fully saturated rings. The van der Waals surface area contributed by atoms with Gasteiger partial charge >= 0.3 is 12.1 Å². The molecule has 0 unspecified atom stereocenters. The van der Waals surface area contributed by atoms with Crippen molar-refractivity contribution in [3.05, 3.63) is 119 Å². The van der Waals surface area contributed by atoms with Crippen LogP contribution in [-0.4, -0.2) is 31.3 Å². The number of nitrogens with one attached hydrogen (secondary N) is 1. The fourth-order valence-corrected chi connectivity index (χ4v) is 5.11. The summed E-state index contributed by atoms with van der Waals surface area (Å²) in [5.41, 5.74) is 4.34. The maximum Gasteiger partial charge on any atom is 0.407 e. The highest BCUT2D eigenvalue weighted by molar-refractivity contribution is 5.84. The van der Waals surface area contributed by atoms with Gasteiger partial charge in [-0.05, 0) is 46.4 Å². The molecule has 6 nitrogen and oxygen atoms in total. The fraction of sp³-hybridized carbons (Fsp3) is 0.235. The number of ether oxygens (including phenoxy) is 3. The molecule has 1 amide bonds. The summed E-state index contributed by atoms with van der Waals surface area (Å²) in [4.78, 5) is 26.1. The first-order valence-corrected chi connectivity index (χ1v) is 14.3. The lowest BCUT2D eigenvalue weighted by Crippen LogP contribution is -2.45. The lowest BCUT2D eigenvalue weighted by molar-refractivity contribution is -0.137. The molecule has 0 aromatic heterocycles. The first-order chi connectivity index (χ1) is 21.7. The van der Waals surface area contributed by atoms with Crippen molar-refractivity contribution in [2.24, 2.45) is 0 Å². The molecular formula is C34H28F5NO5. The standard InChI is InChI=1S/C34H28F5NO5/c1-2-3-16-43-20-14-12-19(13-15-20)17-26(33(41)45-32-30(38)28(36)27(35)29(37)31(32)39)40-34(42)44-18-25-23-10-6-4-8-21(23)22-9-5-7-11-24(22)25/h4-15,25-26H,2-3,16-18H2,1H3,(H,40,42)/t26-/m0/s1. The molecule has 5 rings (SSSR count). The number of hydrogen-bond donors (Lipinski definition) is 1. The van der Waals surface area contributed by atoms with Crippen molar-refractivity contribution in [3.63, 3.8) is 0 Å². The van der Waals surface area contributed by atoms with E-state index in [0.717, 1.165) is 35.1 Å². The molecule has 0 saturated heterocycles. The fourth-order valence-electron chi connectivity index (χ4n) is 5.11. The Morgan fingerprint density at radius 2 is 1.33 bits per heavy atom. The van der Waals surface area contributed by atoms with Gasteiger partial charge in [-0.1, -0.05) is 74.0 Å². The first kappa shape index (κ1) is 31.5. The third-order valence-electron chi connectivity index (χ3n) is 7.42. The molecule has 0 heterocycles. The van der Waals surface area contributed by atoms with E-state index in [2.05, 4.69) is 10.1 Å². The Morgan fingerprint density at radius 3 is 1.91 bits per heavy atom. The highest BCUT2D eigenvalue weighted by atomic mass is 19.2. The van der Waals surface area contributed by atoms with Crippen LogP contribution in [0.3, 0.4) is 0 Å². The number of rotatable bonds is 11. The number of carbonyl (C=O) groups excluding carboxylic acids is 2. The second-order valence-corrected chi connectivity index (χ2v) is 10.4. The molecule has 0 aliphatic heterocycles. The summed E-state index contributed by atoms with van der Waals surface area (Å²) in [7, 11) is 0. The number of esters is 1. The largest absolute Gasteiger partial charge is 0.494 e. The van der Waals surface area contributed by atoms with Gasteiger partial charge in [0.25, 0.3) is 0 Å². The van der Waals surface area contributed by atoms with Crippen LogP contribution in [0.5, 0.6) is 11.5 Å². The number of unbranched alkanes of at least 4 members (excludes halogenated alkanes) is 1. The van der Waals surface area contributed by atoms with Crippen LogP contribution in [0.15, 0.2) is 72.8 Å². The number of benzene rings is 4. The molecule has 0 spiro atoms. The van der Waals surface area contributed by atoms with Gasteiger partial charge in [0.15, 0.2) is 0 Å². The minimum atomic E-state index is -2.40. The molecular weight excluding hydrogens is 597 g/mol. The Balaban J connectivity index is 1.34. The third-order valence-corrected chi connectivity index (χ3v) is 7.42. The Morgan fingerprint density at radius 1 is 0.778 bits per heavy atom. The maximum atomic E-state index is 14.3. The molecule has 1 aliphatic rings. The van der Waals surface area contributed by atoms with Crippen molar-refractivity contribution in [2.75, 3.05) is 13.2 Å². The lowest BCUT2D eigenvalue weighted by atomic mass is 9.98. The van der Waals surface area contributed by atoms with Gasteiger partial charge in [-0.2, -0.15) is 8.78 Å². The van der Waals surface area contributed by atoms with E-state index in [0.29, 0.717) is 17.9 Å². The van der Waals surface area contributed by atoms with Crippen molar-refractivity contribution in [1.29, 1.82) is 0 Å². The zero-order valence-corrected chi connectivity index (χ0v) is 24.0. The average Bonchev–Trinajstić information content (AvgIpc) is 3.38. The Hall–Kier alpha value is -4.93. The molecule has 0 saturated carbocycles. The van der Waals surface area contributed by atoms with E-state index in [1.165, 1.54) is 0 Å². The highest BCUT2D eigenvalue weighted by Crippen LogP contribution is 2.44. The molecule has 4 aromatic carbocycles. The van der Waals surface area contributed by atoms with E-state index < -0.39 is 52.9 Å². The second kappa shape index (κ2) is 13.8. The quantitative estimate of drug-likeness (QED) is 0.0464. The van der Waals surface area contributed by atoms with Crippen LogP contribution in [-0.2, 0) is 16.0 Å². The van der Waals surface area contributed by atoms with Crippen LogP contribution in [0, 0.1) is 29.1 Å². The number of fused-ring (bicyclic) bond motifs is 3. The van der Waals surface area contributed by atoms with Gasteiger partial charge in [-0.25, -0.2) is 22.8 Å². The van der Waals surface area contributed by atoms with Crippen molar-refractivity contribution in [3.8, 4) is 22.6 Å². The van der Waals surface area contributed by atoms with Crippen molar-refractivity contribution < 1.29 is 45.8 Å². The molecule has 11 heteroatoms. The number of hydrogen-bond acceptors (Lipinski definition) is 5. The molecule has 0 radical (unpaired) electrons. The second-order valence-electron chi connectivity index (χ2n) is 10.4. The van der Waals surface area contributed by atoms with Gasteiger partial charge in [0.1, 0.15) is 18.4 Å². The molecule has 1 aliphatic carbocycles.